The fourth-order valence-electron chi connectivity index (χ4n) is 2.71. The summed E-state index contributed by atoms with van der Waals surface area (Å²) in [5.74, 6) is 2.36. The van der Waals surface area contributed by atoms with Crippen molar-refractivity contribution < 1.29 is 4.21 Å². The quantitative estimate of drug-likeness (QED) is 0.758. The fraction of sp³-hybridized carbons (Fsp3) is 0.625. The van der Waals surface area contributed by atoms with E-state index in [0.29, 0.717) is 5.82 Å². The molecule has 2 N–H and O–H groups in total. The molecule has 0 saturated heterocycles. The van der Waals surface area contributed by atoms with Crippen molar-refractivity contribution in [3.8, 4) is 0 Å². The zero-order chi connectivity index (χ0) is 16.1. The molecule has 1 atom stereocenters. The lowest BCUT2D eigenvalue weighted by molar-refractivity contribution is 0.602. The molecule has 122 valence electrons. The number of imidazole rings is 1. The number of fused-ring (bicyclic) bond motifs is 1. The zero-order valence-electron chi connectivity index (χ0n) is 13.8. The third-order valence-electron chi connectivity index (χ3n) is 3.88. The van der Waals surface area contributed by atoms with E-state index in [-0.39, 0.29) is 0 Å². The van der Waals surface area contributed by atoms with Crippen LogP contribution in [0.25, 0.3) is 11.0 Å². The molecule has 0 radical (unpaired) electrons. The summed E-state index contributed by atoms with van der Waals surface area (Å²) in [6, 6.07) is 0. The van der Waals surface area contributed by atoms with E-state index in [1.165, 1.54) is 0 Å². The molecule has 5 nitrogen and oxygen atoms in total. The lowest BCUT2D eigenvalue weighted by atomic mass is 10.2. The molecule has 6 heteroatoms. The van der Waals surface area contributed by atoms with E-state index in [4.69, 9.17) is 10.7 Å². The standard InChI is InChI=1S/C16H26N4OS/c1-4-5-8-13-19-14-15(12(2)11-18-16(14)17)20(13)9-6-7-10-22(3)21/h11H,4-10H2,1-3H3,(H2,17,18). The minimum Gasteiger partial charge on any atom is -0.382 e. The summed E-state index contributed by atoms with van der Waals surface area (Å²) in [6.45, 7) is 5.14. The summed E-state index contributed by atoms with van der Waals surface area (Å²) in [7, 11) is -0.714. The van der Waals surface area contributed by atoms with Crippen molar-refractivity contribution in [2.45, 2.75) is 52.5 Å². The molecule has 0 aliphatic rings. The summed E-state index contributed by atoms with van der Waals surface area (Å²) >= 11 is 0. The highest BCUT2D eigenvalue weighted by Crippen LogP contribution is 2.25. The van der Waals surface area contributed by atoms with Crippen LogP contribution < -0.4 is 5.73 Å². The van der Waals surface area contributed by atoms with Crippen LogP contribution in [0.5, 0.6) is 0 Å². The van der Waals surface area contributed by atoms with Crippen molar-refractivity contribution in [1.82, 2.24) is 14.5 Å². The Labute approximate surface area is 134 Å². The van der Waals surface area contributed by atoms with Gasteiger partial charge in [0.15, 0.2) is 5.82 Å². The van der Waals surface area contributed by atoms with Crippen molar-refractivity contribution in [2.75, 3.05) is 17.7 Å². The second-order valence-electron chi connectivity index (χ2n) is 5.79. The summed E-state index contributed by atoms with van der Waals surface area (Å²) in [6.07, 6.45) is 8.78. The van der Waals surface area contributed by atoms with Gasteiger partial charge in [0.05, 0.1) is 5.52 Å². The predicted molar refractivity (Wildman–Crippen MR) is 93.5 cm³/mol. The van der Waals surface area contributed by atoms with Gasteiger partial charge >= 0.3 is 0 Å². The van der Waals surface area contributed by atoms with Crippen molar-refractivity contribution in [2.24, 2.45) is 0 Å². The lowest BCUT2D eigenvalue weighted by Crippen LogP contribution is -2.06. The van der Waals surface area contributed by atoms with Gasteiger partial charge in [0.2, 0.25) is 0 Å². The molecule has 0 aliphatic carbocycles. The highest BCUT2D eigenvalue weighted by molar-refractivity contribution is 7.84. The summed E-state index contributed by atoms with van der Waals surface area (Å²) in [5.41, 5.74) is 9.04. The number of anilines is 1. The topological polar surface area (TPSA) is 73.8 Å². The average Bonchev–Trinajstić information content (AvgIpc) is 2.85. The van der Waals surface area contributed by atoms with E-state index in [1.54, 1.807) is 6.26 Å². The third kappa shape index (κ3) is 3.85. The number of nitrogens with zero attached hydrogens (tertiary/aromatic N) is 3. The third-order valence-corrected chi connectivity index (χ3v) is 4.74. The maximum absolute atomic E-state index is 11.2. The number of aromatic nitrogens is 3. The van der Waals surface area contributed by atoms with E-state index < -0.39 is 10.8 Å². The van der Waals surface area contributed by atoms with Crippen molar-refractivity contribution in [3.63, 3.8) is 0 Å². The highest BCUT2D eigenvalue weighted by Gasteiger charge is 2.15. The minimum absolute atomic E-state index is 0.506. The summed E-state index contributed by atoms with van der Waals surface area (Å²) in [4.78, 5) is 8.96. The molecule has 0 spiro atoms. The van der Waals surface area contributed by atoms with Crippen LogP contribution in [0.1, 0.15) is 44.0 Å². The number of aryl methyl sites for hydroxylation is 3. The first-order valence-corrected chi connectivity index (χ1v) is 9.67. The number of pyridine rings is 1. The molecule has 1 unspecified atom stereocenters. The van der Waals surface area contributed by atoms with Gasteiger partial charge in [-0.25, -0.2) is 9.97 Å². The molecule has 0 saturated carbocycles. The van der Waals surface area contributed by atoms with Crippen LogP contribution in [0.2, 0.25) is 0 Å². The van der Waals surface area contributed by atoms with E-state index in [0.717, 1.165) is 66.8 Å². The van der Waals surface area contributed by atoms with Crippen molar-refractivity contribution >= 4 is 27.7 Å². The van der Waals surface area contributed by atoms with Crippen molar-refractivity contribution in [3.05, 3.63) is 17.6 Å². The molecule has 0 bridgehead atoms. The van der Waals surface area contributed by atoms with Crippen LogP contribution >= 0.6 is 0 Å². The number of hydrogen-bond donors (Lipinski definition) is 1. The van der Waals surface area contributed by atoms with E-state index in [1.807, 2.05) is 6.20 Å². The molecule has 2 heterocycles. The van der Waals surface area contributed by atoms with Gasteiger partial charge in [-0.1, -0.05) is 13.3 Å². The molecular formula is C16H26N4OS. The maximum atomic E-state index is 11.2. The maximum Gasteiger partial charge on any atom is 0.151 e. The van der Waals surface area contributed by atoms with E-state index in [2.05, 4.69) is 23.4 Å². The van der Waals surface area contributed by atoms with Gasteiger partial charge in [0.25, 0.3) is 0 Å². The van der Waals surface area contributed by atoms with Gasteiger partial charge in [0, 0.05) is 42.0 Å². The first-order chi connectivity index (χ1) is 10.5. The number of nitrogen functional groups attached to an aromatic ring is 1. The monoisotopic (exact) mass is 322 g/mol. The molecule has 2 rings (SSSR count). The lowest BCUT2D eigenvalue weighted by Gasteiger charge is -2.10. The largest absolute Gasteiger partial charge is 0.382 e. The predicted octanol–water partition coefficient (Wildman–Crippen LogP) is 2.82. The highest BCUT2D eigenvalue weighted by atomic mass is 32.2. The number of unbranched alkanes of at least 4 members (excludes halogenated alkanes) is 2. The van der Waals surface area contributed by atoms with Gasteiger partial charge in [-0.2, -0.15) is 0 Å². The Kier molecular flexibility index (Phi) is 5.94. The van der Waals surface area contributed by atoms with Crippen LogP contribution in [-0.4, -0.2) is 30.8 Å². The number of rotatable bonds is 8. The van der Waals surface area contributed by atoms with Gasteiger partial charge in [-0.05, 0) is 31.7 Å². The summed E-state index contributed by atoms with van der Waals surface area (Å²) < 4.78 is 13.5. The van der Waals surface area contributed by atoms with Gasteiger partial charge in [0.1, 0.15) is 11.3 Å². The number of nitrogens with two attached hydrogens (primary N) is 1. The Hall–Kier alpha value is -1.43. The van der Waals surface area contributed by atoms with E-state index >= 15 is 0 Å². The molecule has 22 heavy (non-hydrogen) atoms. The van der Waals surface area contributed by atoms with Crippen LogP contribution in [0, 0.1) is 6.92 Å². The Morgan fingerprint density at radius 1 is 1.32 bits per heavy atom. The average molecular weight is 322 g/mol. The van der Waals surface area contributed by atoms with Crippen LogP contribution in [0.15, 0.2) is 6.20 Å². The van der Waals surface area contributed by atoms with E-state index in [9.17, 15) is 4.21 Å². The van der Waals surface area contributed by atoms with Crippen LogP contribution in [0.4, 0.5) is 5.82 Å². The Balaban J connectivity index is 2.30. The fourth-order valence-corrected chi connectivity index (χ4v) is 3.32. The van der Waals surface area contributed by atoms with Gasteiger partial charge in [-0.15, -0.1) is 0 Å². The normalized spacial score (nSPS) is 12.9. The van der Waals surface area contributed by atoms with Crippen LogP contribution in [-0.2, 0) is 23.8 Å². The molecule has 0 aliphatic heterocycles. The SMILES string of the molecule is CCCCc1nc2c(N)ncc(C)c2n1CCCCS(C)=O. The molecule has 0 aromatic carbocycles. The molecule has 0 fully saturated rings. The molecule has 2 aromatic heterocycles. The van der Waals surface area contributed by atoms with Gasteiger partial charge in [-0.3, -0.25) is 4.21 Å². The van der Waals surface area contributed by atoms with Crippen molar-refractivity contribution in [1.29, 1.82) is 0 Å². The molecule has 0 amide bonds. The summed E-state index contributed by atoms with van der Waals surface area (Å²) in [5, 5.41) is 0. The minimum atomic E-state index is -0.714. The second kappa shape index (κ2) is 7.72. The zero-order valence-corrected chi connectivity index (χ0v) is 14.6. The van der Waals surface area contributed by atoms with Gasteiger partial charge < -0.3 is 10.3 Å². The first kappa shape index (κ1) is 16.9. The Bertz CT molecular complexity index is 666. The molecular weight excluding hydrogens is 296 g/mol. The second-order valence-corrected chi connectivity index (χ2v) is 7.35. The number of hydrogen-bond acceptors (Lipinski definition) is 4. The Morgan fingerprint density at radius 3 is 2.77 bits per heavy atom. The smallest absolute Gasteiger partial charge is 0.151 e. The van der Waals surface area contributed by atoms with Crippen LogP contribution in [0.3, 0.4) is 0 Å². The molecule has 2 aromatic rings. The Morgan fingerprint density at radius 2 is 2.09 bits per heavy atom. The first-order valence-electron chi connectivity index (χ1n) is 7.94.